The van der Waals surface area contributed by atoms with Crippen molar-refractivity contribution < 1.29 is 5.11 Å². The Morgan fingerprint density at radius 3 is 2.50 bits per heavy atom. The van der Waals surface area contributed by atoms with E-state index in [0.29, 0.717) is 18.2 Å². The van der Waals surface area contributed by atoms with Gasteiger partial charge in [0, 0.05) is 0 Å². The van der Waals surface area contributed by atoms with E-state index in [9.17, 15) is 5.11 Å². The molecular formula is C12H19NO. The van der Waals surface area contributed by atoms with Crippen LogP contribution in [0.25, 0.3) is 0 Å². The summed E-state index contributed by atoms with van der Waals surface area (Å²) in [5, 5.41) is 9.67. The lowest BCUT2D eigenvalue weighted by Crippen LogP contribution is -2.04. The smallest absolute Gasteiger partial charge is 0.119 e. The van der Waals surface area contributed by atoms with Gasteiger partial charge in [0.2, 0.25) is 0 Å². The molecule has 3 N–H and O–H groups in total. The molecule has 0 saturated heterocycles. The van der Waals surface area contributed by atoms with Crippen LogP contribution < -0.4 is 5.73 Å². The summed E-state index contributed by atoms with van der Waals surface area (Å²) in [5.41, 5.74) is 8.89. The van der Waals surface area contributed by atoms with E-state index in [2.05, 4.69) is 19.9 Å². The van der Waals surface area contributed by atoms with Crippen molar-refractivity contribution in [3.63, 3.8) is 0 Å². The van der Waals surface area contributed by atoms with Crippen molar-refractivity contribution >= 4 is 0 Å². The summed E-state index contributed by atoms with van der Waals surface area (Å²) < 4.78 is 0. The van der Waals surface area contributed by atoms with E-state index in [1.807, 2.05) is 13.0 Å². The minimum absolute atomic E-state index is 0.373. The van der Waals surface area contributed by atoms with Gasteiger partial charge in [-0.25, -0.2) is 0 Å². The highest BCUT2D eigenvalue weighted by Gasteiger charge is 2.08. The average molecular weight is 193 g/mol. The zero-order valence-corrected chi connectivity index (χ0v) is 9.17. The van der Waals surface area contributed by atoms with E-state index in [1.54, 1.807) is 0 Å². The largest absolute Gasteiger partial charge is 0.508 e. The Morgan fingerprint density at radius 1 is 1.36 bits per heavy atom. The zero-order chi connectivity index (χ0) is 10.7. The Labute approximate surface area is 85.8 Å². The van der Waals surface area contributed by atoms with E-state index >= 15 is 0 Å². The van der Waals surface area contributed by atoms with Crippen LogP contribution in [0, 0.1) is 6.92 Å². The first kappa shape index (κ1) is 11.1. The van der Waals surface area contributed by atoms with Gasteiger partial charge in [0.1, 0.15) is 5.75 Å². The molecule has 0 fully saturated rings. The number of hydrogen-bond acceptors (Lipinski definition) is 2. The minimum atomic E-state index is 0.373. The van der Waals surface area contributed by atoms with E-state index in [0.717, 1.165) is 17.5 Å². The van der Waals surface area contributed by atoms with Crippen molar-refractivity contribution in [1.82, 2.24) is 0 Å². The molecular weight excluding hydrogens is 174 g/mol. The summed E-state index contributed by atoms with van der Waals surface area (Å²) in [6.45, 7) is 6.92. The monoisotopic (exact) mass is 193 g/mol. The Kier molecular flexibility index (Phi) is 3.53. The van der Waals surface area contributed by atoms with Crippen LogP contribution in [-0.2, 0) is 6.42 Å². The van der Waals surface area contributed by atoms with Gasteiger partial charge in [0.25, 0.3) is 0 Å². The first-order valence-electron chi connectivity index (χ1n) is 5.08. The molecule has 0 bridgehead atoms. The number of aromatic hydroxyl groups is 1. The number of hydrogen-bond donors (Lipinski definition) is 2. The predicted octanol–water partition coefficient (Wildman–Crippen LogP) is 2.33. The predicted molar refractivity (Wildman–Crippen MR) is 59.7 cm³/mol. The van der Waals surface area contributed by atoms with Gasteiger partial charge in [-0.2, -0.15) is 0 Å². The van der Waals surface area contributed by atoms with Crippen molar-refractivity contribution in [2.75, 3.05) is 6.54 Å². The highest BCUT2D eigenvalue weighted by atomic mass is 16.3. The first-order chi connectivity index (χ1) is 6.56. The second-order valence-electron chi connectivity index (χ2n) is 4.03. The van der Waals surface area contributed by atoms with E-state index in [1.165, 1.54) is 5.56 Å². The molecule has 0 amide bonds. The van der Waals surface area contributed by atoms with Crippen LogP contribution in [0.2, 0.25) is 0 Å². The number of phenolic OH excluding ortho intramolecular Hbond substituents is 1. The molecule has 0 radical (unpaired) electrons. The fourth-order valence-corrected chi connectivity index (χ4v) is 1.73. The first-order valence-corrected chi connectivity index (χ1v) is 5.08. The zero-order valence-electron chi connectivity index (χ0n) is 9.17. The van der Waals surface area contributed by atoms with Gasteiger partial charge in [0.05, 0.1) is 0 Å². The van der Waals surface area contributed by atoms with Crippen LogP contribution in [-0.4, -0.2) is 11.7 Å². The van der Waals surface area contributed by atoms with Crippen molar-refractivity contribution in [3.05, 3.63) is 28.8 Å². The van der Waals surface area contributed by atoms with Crippen LogP contribution in [0.5, 0.6) is 5.75 Å². The van der Waals surface area contributed by atoms with Gasteiger partial charge in [-0.05, 0) is 48.6 Å². The maximum Gasteiger partial charge on any atom is 0.119 e. The van der Waals surface area contributed by atoms with Gasteiger partial charge >= 0.3 is 0 Å². The Morgan fingerprint density at radius 2 is 2.00 bits per heavy atom. The Hall–Kier alpha value is -1.02. The Bertz CT molecular complexity index is 318. The highest BCUT2D eigenvalue weighted by Crippen LogP contribution is 2.27. The highest BCUT2D eigenvalue weighted by molar-refractivity contribution is 5.42. The minimum Gasteiger partial charge on any atom is -0.508 e. The van der Waals surface area contributed by atoms with Crippen molar-refractivity contribution in [2.45, 2.75) is 33.1 Å². The molecule has 0 saturated carbocycles. The summed E-state index contributed by atoms with van der Waals surface area (Å²) in [6, 6.07) is 3.91. The maximum absolute atomic E-state index is 9.67. The number of rotatable bonds is 3. The molecule has 1 rings (SSSR count). The molecule has 14 heavy (non-hydrogen) atoms. The van der Waals surface area contributed by atoms with Crippen LogP contribution >= 0.6 is 0 Å². The van der Waals surface area contributed by atoms with Crippen LogP contribution in [0.1, 0.15) is 36.5 Å². The quantitative estimate of drug-likeness (QED) is 0.774. The fraction of sp³-hybridized carbons (Fsp3) is 0.500. The van der Waals surface area contributed by atoms with Crippen LogP contribution in [0.4, 0.5) is 0 Å². The van der Waals surface area contributed by atoms with Crippen LogP contribution in [0.3, 0.4) is 0 Å². The fourth-order valence-electron chi connectivity index (χ4n) is 1.73. The van der Waals surface area contributed by atoms with E-state index in [-0.39, 0.29) is 0 Å². The SMILES string of the molecule is Cc1cc(O)c(CCN)cc1C(C)C. The van der Waals surface area contributed by atoms with Crippen LogP contribution in [0.15, 0.2) is 12.1 Å². The average Bonchev–Trinajstić information content (AvgIpc) is 2.09. The molecule has 0 unspecified atom stereocenters. The molecule has 0 aliphatic heterocycles. The molecule has 1 aromatic carbocycles. The molecule has 0 spiro atoms. The number of phenols is 1. The van der Waals surface area contributed by atoms with E-state index < -0.39 is 0 Å². The van der Waals surface area contributed by atoms with E-state index in [4.69, 9.17) is 5.73 Å². The molecule has 0 aliphatic rings. The van der Waals surface area contributed by atoms with Crippen molar-refractivity contribution in [2.24, 2.45) is 5.73 Å². The number of nitrogens with two attached hydrogens (primary N) is 1. The normalized spacial score (nSPS) is 10.9. The number of aryl methyl sites for hydroxylation is 1. The van der Waals surface area contributed by atoms with Crippen molar-refractivity contribution in [1.29, 1.82) is 0 Å². The summed E-state index contributed by atoms with van der Waals surface area (Å²) >= 11 is 0. The standard InChI is InChI=1S/C12H19NO/c1-8(2)11-7-10(4-5-13)12(14)6-9(11)3/h6-8,14H,4-5,13H2,1-3H3. The molecule has 0 aromatic heterocycles. The second-order valence-corrected chi connectivity index (χ2v) is 4.03. The Balaban J connectivity index is 3.13. The maximum atomic E-state index is 9.67. The van der Waals surface area contributed by atoms with Gasteiger partial charge < -0.3 is 10.8 Å². The lowest BCUT2D eigenvalue weighted by molar-refractivity contribution is 0.467. The van der Waals surface area contributed by atoms with Gasteiger partial charge in [0.15, 0.2) is 0 Å². The lowest BCUT2D eigenvalue weighted by atomic mass is 9.94. The molecule has 2 heteroatoms. The van der Waals surface area contributed by atoms with Gasteiger partial charge in [-0.15, -0.1) is 0 Å². The molecule has 0 atom stereocenters. The third-order valence-electron chi connectivity index (χ3n) is 2.50. The topological polar surface area (TPSA) is 46.2 Å². The van der Waals surface area contributed by atoms with Gasteiger partial charge in [-0.3, -0.25) is 0 Å². The molecule has 78 valence electrons. The third kappa shape index (κ3) is 2.26. The molecule has 0 aliphatic carbocycles. The molecule has 0 heterocycles. The lowest BCUT2D eigenvalue weighted by Gasteiger charge is -2.13. The molecule has 1 aromatic rings. The summed E-state index contributed by atoms with van der Waals surface area (Å²) in [5.74, 6) is 0.865. The second kappa shape index (κ2) is 4.47. The summed E-state index contributed by atoms with van der Waals surface area (Å²) in [7, 11) is 0. The van der Waals surface area contributed by atoms with Crippen molar-refractivity contribution in [3.8, 4) is 5.75 Å². The molecule has 2 nitrogen and oxygen atoms in total. The third-order valence-corrected chi connectivity index (χ3v) is 2.50. The number of benzene rings is 1. The van der Waals surface area contributed by atoms with Gasteiger partial charge in [-0.1, -0.05) is 19.9 Å². The summed E-state index contributed by atoms with van der Waals surface area (Å²) in [6.07, 6.45) is 0.742. The summed E-state index contributed by atoms with van der Waals surface area (Å²) in [4.78, 5) is 0.